The van der Waals surface area contributed by atoms with E-state index in [1.54, 1.807) is 18.2 Å². The number of carbonyl (C=O) groups excluding carboxylic acids is 1. The Morgan fingerprint density at radius 3 is 2.33 bits per heavy atom. The van der Waals surface area contributed by atoms with Crippen LogP contribution in [-0.2, 0) is 16.0 Å². The van der Waals surface area contributed by atoms with E-state index in [0.717, 1.165) is 31.6 Å². The van der Waals surface area contributed by atoms with Gasteiger partial charge in [-0.15, -0.1) is 12.4 Å². The van der Waals surface area contributed by atoms with E-state index in [2.05, 4.69) is 29.2 Å². The number of ether oxygens (including phenoxy) is 1. The zero-order valence-corrected chi connectivity index (χ0v) is 15.9. The Bertz CT molecular complexity index is 812. The van der Waals surface area contributed by atoms with Crippen molar-refractivity contribution >= 4 is 23.9 Å². The standard InChI is InChI=1S/C22H22FNO2.ClH/c23-19-8-6-18(7-9-19)20-16-21(25)22(26-20)11-14-24(15-12-22)13-10-17-4-2-1-3-5-17;/h1-9,16H,10-15H2;1H. The predicted molar refractivity (Wildman–Crippen MR) is 106 cm³/mol. The van der Waals surface area contributed by atoms with E-state index in [4.69, 9.17) is 4.74 Å². The van der Waals surface area contributed by atoms with Crippen LogP contribution in [0.5, 0.6) is 0 Å². The number of benzene rings is 2. The van der Waals surface area contributed by atoms with E-state index < -0.39 is 5.60 Å². The number of hydrogen-bond donors (Lipinski definition) is 0. The molecule has 1 spiro atoms. The average molecular weight is 388 g/mol. The quantitative estimate of drug-likeness (QED) is 0.784. The lowest BCUT2D eigenvalue weighted by Gasteiger charge is -2.38. The lowest BCUT2D eigenvalue weighted by Crippen LogP contribution is -2.48. The summed E-state index contributed by atoms with van der Waals surface area (Å²) in [5, 5.41) is 0. The van der Waals surface area contributed by atoms with Crippen molar-refractivity contribution in [3.63, 3.8) is 0 Å². The van der Waals surface area contributed by atoms with Crippen LogP contribution < -0.4 is 0 Å². The summed E-state index contributed by atoms with van der Waals surface area (Å²) in [4.78, 5) is 15.0. The smallest absolute Gasteiger partial charge is 0.203 e. The van der Waals surface area contributed by atoms with Crippen LogP contribution in [0.3, 0.4) is 0 Å². The maximum atomic E-state index is 13.1. The topological polar surface area (TPSA) is 29.5 Å². The van der Waals surface area contributed by atoms with E-state index in [-0.39, 0.29) is 24.0 Å². The molecule has 4 rings (SSSR count). The number of likely N-dealkylation sites (tertiary alicyclic amines) is 1. The molecule has 2 aliphatic heterocycles. The number of ketones is 1. The average Bonchev–Trinajstić information content (AvgIpc) is 2.99. The van der Waals surface area contributed by atoms with Crippen LogP contribution in [0.15, 0.2) is 60.7 Å². The summed E-state index contributed by atoms with van der Waals surface area (Å²) in [5.74, 6) is 0.312. The largest absolute Gasteiger partial charge is 0.478 e. The number of rotatable bonds is 4. The van der Waals surface area contributed by atoms with Crippen molar-refractivity contribution in [1.29, 1.82) is 0 Å². The molecule has 2 aromatic carbocycles. The van der Waals surface area contributed by atoms with Crippen molar-refractivity contribution < 1.29 is 13.9 Å². The first-order chi connectivity index (χ1) is 12.6. The molecule has 0 atom stereocenters. The summed E-state index contributed by atoms with van der Waals surface area (Å²) in [6.45, 7) is 2.69. The van der Waals surface area contributed by atoms with Crippen LogP contribution in [-0.4, -0.2) is 35.9 Å². The van der Waals surface area contributed by atoms with E-state index in [9.17, 15) is 9.18 Å². The Hall–Kier alpha value is -2.17. The first-order valence-corrected chi connectivity index (χ1v) is 9.12. The summed E-state index contributed by atoms with van der Waals surface area (Å²) >= 11 is 0. The first-order valence-electron chi connectivity index (χ1n) is 9.12. The van der Waals surface area contributed by atoms with Gasteiger partial charge in [0, 0.05) is 44.1 Å². The molecular formula is C22H23ClFNO2. The molecule has 0 aromatic heterocycles. The SMILES string of the molecule is Cl.O=C1C=C(c2ccc(F)cc2)OC12CCN(CCc1ccccc1)CC2. The molecule has 0 unspecified atom stereocenters. The zero-order valence-electron chi connectivity index (χ0n) is 15.1. The molecule has 2 heterocycles. The minimum atomic E-state index is -0.729. The van der Waals surface area contributed by atoms with Gasteiger partial charge in [0.05, 0.1) is 0 Å². The van der Waals surface area contributed by atoms with Crippen LogP contribution in [0.1, 0.15) is 24.0 Å². The molecule has 142 valence electrons. The van der Waals surface area contributed by atoms with E-state index >= 15 is 0 Å². The molecule has 0 saturated carbocycles. The Morgan fingerprint density at radius 1 is 1.00 bits per heavy atom. The third-order valence-corrected chi connectivity index (χ3v) is 5.37. The van der Waals surface area contributed by atoms with Gasteiger partial charge in [0.1, 0.15) is 11.6 Å². The fourth-order valence-electron chi connectivity index (χ4n) is 3.72. The second-order valence-electron chi connectivity index (χ2n) is 7.05. The lowest BCUT2D eigenvalue weighted by molar-refractivity contribution is -0.132. The number of halogens is 2. The van der Waals surface area contributed by atoms with Crippen molar-refractivity contribution in [2.75, 3.05) is 19.6 Å². The van der Waals surface area contributed by atoms with Gasteiger partial charge in [0.25, 0.3) is 0 Å². The van der Waals surface area contributed by atoms with E-state index in [1.807, 2.05) is 6.07 Å². The van der Waals surface area contributed by atoms with Gasteiger partial charge in [-0.1, -0.05) is 30.3 Å². The Kier molecular flexibility index (Phi) is 5.98. The molecule has 1 saturated heterocycles. The highest BCUT2D eigenvalue weighted by Crippen LogP contribution is 2.38. The maximum Gasteiger partial charge on any atom is 0.203 e. The molecule has 3 nitrogen and oxygen atoms in total. The fraction of sp³-hybridized carbons (Fsp3) is 0.318. The monoisotopic (exact) mass is 387 g/mol. The molecule has 0 N–H and O–H groups in total. The summed E-state index contributed by atoms with van der Waals surface area (Å²) in [5.41, 5.74) is 1.36. The molecule has 5 heteroatoms. The van der Waals surface area contributed by atoms with Crippen molar-refractivity contribution in [3.8, 4) is 0 Å². The molecule has 2 aliphatic rings. The Morgan fingerprint density at radius 2 is 1.67 bits per heavy atom. The summed E-state index contributed by atoms with van der Waals surface area (Å²) in [6.07, 6.45) is 3.98. The van der Waals surface area contributed by atoms with Gasteiger partial charge in [-0.05, 0) is 36.2 Å². The van der Waals surface area contributed by atoms with Crippen molar-refractivity contribution in [1.82, 2.24) is 4.90 Å². The van der Waals surface area contributed by atoms with Gasteiger partial charge in [0.15, 0.2) is 5.60 Å². The minimum absolute atomic E-state index is 0. The second kappa shape index (κ2) is 8.24. The highest BCUT2D eigenvalue weighted by Gasteiger charge is 2.46. The van der Waals surface area contributed by atoms with Crippen LogP contribution in [0.4, 0.5) is 4.39 Å². The zero-order chi connectivity index (χ0) is 18.0. The lowest BCUT2D eigenvalue weighted by atomic mass is 9.88. The fourth-order valence-corrected chi connectivity index (χ4v) is 3.72. The van der Waals surface area contributed by atoms with Gasteiger partial charge in [-0.2, -0.15) is 0 Å². The first kappa shape index (κ1) is 19.6. The van der Waals surface area contributed by atoms with Crippen molar-refractivity contribution in [3.05, 3.63) is 77.6 Å². The molecule has 2 aromatic rings. The van der Waals surface area contributed by atoms with E-state index in [0.29, 0.717) is 18.6 Å². The Balaban J connectivity index is 0.00000210. The second-order valence-corrected chi connectivity index (χ2v) is 7.05. The number of hydrogen-bond acceptors (Lipinski definition) is 3. The van der Waals surface area contributed by atoms with Gasteiger partial charge in [0.2, 0.25) is 5.78 Å². The van der Waals surface area contributed by atoms with Crippen LogP contribution in [0.2, 0.25) is 0 Å². The molecule has 27 heavy (non-hydrogen) atoms. The molecule has 0 bridgehead atoms. The number of piperidine rings is 1. The normalized spacial score (nSPS) is 18.7. The van der Waals surface area contributed by atoms with Gasteiger partial charge < -0.3 is 9.64 Å². The number of nitrogens with zero attached hydrogens (tertiary/aromatic N) is 1. The Labute approximate surface area is 165 Å². The number of carbonyl (C=O) groups is 1. The third-order valence-electron chi connectivity index (χ3n) is 5.37. The van der Waals surface area contributed by atoms with Crippen LogP contribution in [0.25, 0.3) is 5.76 Å². The molecular weight excluding hydrogens is 365 g/mol. The summed E-state index contributed by atoms with van der Waals surface area (Å²) < 4.78 is 19.2. The van der Waals surface area contributed by atoms with Crippen LogP contribution in [0, 0.1) is 5.82 Å². The molecule has 0 radical (unpaired) electrons. The molecule has 0 aliphatic carbocycles. The van der Waals surface area contributed by atoms with Gasteiger partial charge in [-0.3, -0.25) is 4.79 Å². The summed E-state index contributed by atoms with van der Waals surface area (Å²) in [6, 6.07) is 16.5. The van der Waals surface area contributed by atoms with Crippen LogP contribution >= 0.6 is 12.4 Å². The molecule has 1 fully saturated rings. The highest BCUT2D eigenvalue weighted by atomic mass is 35.5. The van der Waals surface area contributed by atoms with Crippen molar-refractivity contribution in [2.45, 2.75) is 24.9 Å². The molecule has 0 amide bonds. The van der Waals surface area contributed by atoms with Crippen molar-refractivity contribution in [2.24, 2.45) is 0 Å². The van der Waals surface area contributed by atoms with Gasteiger partial charge in [-0.25, -0.2) is 4.39 Å². The summed E-state index contributed by atoms with van der Waals surface area (Å²) in [7, 11) is 0. The third kappa shape index (κ3) is 4.23. The minimum Gasteiger partial charge on any atom is -0.478 e. The highest BCUT2D eigenvalue weighted by molar-refractivity contribution is 6.05. The van der Waals surface area contributed by atoms with Gasteiger partial charge >= 0.3 is 0 Å². The maximum absolute atomic E-state index is 13.1. The van der Waals surface area contributed by atoms with E-state index in [1.165, 1.54) is 17.7 Å². The predicted octanol–water partition coefficient (Wildman–Crippen LogP) is 4.27.